The van der Waals surface area contributed by atoms with Gasteiger partial charge in [0.05, 0.1) is 0 Å². The van der Waals surface area contributed by atoms with Crippen LogP contribution in [0.2, 0.25) is 17.7 Å². The minimum atomic E-state index is -2.62. The van der Waals surface area contributed by atoms with E-state index in [1.54, 1.807) is 0 Å². The molecule has 0 aliphatic heterocycles. The Morgan fingerprint density at radius 2 is 1.44 bits per heavy atom. The Labute approximate surface area is 226 Å². The third-order valence-electron chi connectivity index (χ3n) is 6.93. The maximum absolute atomic E-state index is 13.5. The molecule has 0 N–H and O–H groups in total. The summed E-state index contributed by atoms with van der Waals surface area (Å²) < 4.78 is 16.8. The first kappa shape index (κ1) is 31.7. The van der Waals surface area contributed by atoms with Crippen molar-refractivity contribution in [1.29, 1.82) is 0 Å². The summed E-state index contributed by atoms with van der Waals surface area (Å²) in [5.41, 5.74) is 0.286. The van der Waals surface area contributed by atoms with Crippen molar-refractivity contribution in [3.8, 4) is 0 Å². The molecule has 4 nitrogen and oxygen atoms in total. The third-order valence-corrected chi connectivity index (χ3v) is 24.2. The van der Waals surface area contributed by atoms with Crippen molar-refractivity contribution in [3.05, 3.63) is 35.9 Å². The summed E-state index contributed by atoms with van der Waals surface area (Å²) in [5.74, 6) is -0.371. The number of esters is 1. The number of ether oxygens (including phenoxy) is 2. The Kier molecular flexibility index (Phi) is 16.8. The number of benzene rings is 1. The van der Waals surface area contributed by atoms with Crippen molar-refractivity contribution in [1.82, 2.24) is 0 Å². The van der Waals surface area contributed by atoms with Crippen LogP contribution in [0.4, 0.5) is 4.79 Å². The van der Waals surface area contributed by atoms with Gasteiger partial charge >= 0.3 is 228 Å². The van der Waals surface area contributed by atoms with E-state index >= 15 is 0 Å². The topological polar surface area (TPSA) is 52.6 Å². The number of rotatable bonds is 18. The quantitative estimate of drug-likeness (QED) is 0.0384. The summed E-state index contributed by atoms with van der Waals surface area (Å²) in [5, 5.41) is 0. The molecule has 1 rings (SSSR count). The number of halogens is 1. The van der Waals surface area contributed by atoms with Crippen LogP contribution in [0.3, 0.4) is 0 Å². The Hall–Kier alpha value is -0.311. The molecule has 0 heterocycles. The van der Waals surface area contributed by atoms with Crippen molar-refractivity contribution in [2.45, 2.75) is 110 Å². The predicted octanol–water partition coefficient (Wildman–Crippen LogP) is 9.33. The molecule has 0 fully saturated rings. The van der Waals surface area contributed by atoms with Gasteiger partial charge in [0, 0.05) is 0 Å². The second-order valence-corrected chi connectivity index (χ2v) is 25.0. The monoisotopic (exact) mass is 694 g/mol. The number of unbranched alkanes of at least 4 members (excludes halogenated alkanes) is 4. The van der Waals surface area contributed by atoms with Crippen LogP contribution in [0.25, 0.3) is 0 Å². The van der Waals surface area contributed by atoms with E-state index in [4.69, 9.17) is 9.47 Å². The molecule has 34 heavy (non-hydrogen) atoms. The molecule has 194 valence electrons. The Balaban J connectivity index is 3.03. The van der Waals surface area contributed by atoms with Gasteiger partial charge in [-0.05, 0) is 0 Å². The third kappa shape index (κ3) is 12.1. The van der Waals surface area contributed by atoms with Crippen molar-refractivity contribution in [3.63, 3.8) is 0 Å². The second kappa shape index (κ2) is 18.0. The number of carbonyl (C=O) groups is 2. The van der Waals surface area contributed by atoms with Gasteiger partial charge in [-0.2, -0.15) is 0 Å². The van der Waals surface area contributed by atoms with Gasteiger partial charge in [-0.3, -0.25) is 0 Å². The van der Waals surface area contributed by atoms with E-state index < -0.39 is 29.9 Å². The van der Waals surface area contributed by atoms with Crippen LogP contribution in [-0.4, -0.2) is 34.9 Å². The van der Waals surface area contributed by atoms with E-state index in [1.807, 2.05) is 30.3 Å². The van der Waals surface area contributed by atoms with Crippen molar-refractivity contribution < 1.29 is 19.1 Å². The molecule has 1 atom stereocenters. The molecule has 1 unspecified atom stereocenters. The van der Waals surface area contributed by atoms with Gasteiger partial charge < -0.3 is 0 Å². The van der Waals surface area contributed by atoms with Crippen LogP contribution >= 0.6 is 22.6 Å². The Morgan fingerprint density at radius 1 is 0.882 bits per heavy atom. The molecular formula is C28H47IO4Sn. The van der Waals surface area contributed by atoms with Crippen LogP contribution in [0.1, 0.15) is 91.0 Å². The number of hydrogen-bond donors (Lipinski definition) is 0. The summed E-state index contributed by atoms with van der Waals surface area (Å²) in [6, 6.07) is 9.49. The number of alkyl halides is 1. The molecule has 0 spiro atoms. The summed E-state index contributed by atoms with van der Waals surface area (Å²) in [4.78, 5) is 25.9. The van der Waals surface area contributed by atoms with Gasteiger partial charge in [-0.25, -0.2) is 0 Å². The zero-order chi connectivity index (χ0) is 25.3. The number of carbonyl (C=O) groups excluding carboxylic acids is 2. The van der Waals surface area contributed by atoms with E-state index in [2.05, 4.69) is 50.3 Å². The van der Waals surface area contributed by atoms with Gasteiger partial charge in [0.15, 0.2) is 0 Å². The standard InChI is InChI=1S/C16H20IO4.3C4H9.Sn/c1-16(2,10-6-7-11-17)14(18)21-15(19)20-12-13-8-4-3-5-9-13;3*1-3-4-2;/h3-5,8-9H,1,6-7,10-12H2,2H3;3*1,3-4H2,2H3;. The SMILES string of the molecule is CCC[CH2][Sn]([CH2]CCC)([CH2]CCC)[CH2]C(C)(CCCCI)C(=O)OC(=O)OCc1ccccc1. The fourth-order valence-corrected chi connectivity index (χ4v) is 24.2. The molecule has 1 aromatic rings. The minimum absolute atomic E-state index is 0.116. The molecule has 0 aromatic heterocycles. The van der Waals surface area contributed by atoms with Crippen LogP contribution in [0.5, 0.6) is 0 Å². The second-order valence-electron chi connectivity index (χ2n) is 10.1. The molecule has 0 aliphatic rings. The van der Waals surface area contributed by atoms with Crippen LogP contribution in [-0.2, 0) is 20.9 Å². The van der Waals surface area contributed by atoms with Gasteiger partial charge in [-0.1, -0.05) is 0 Å². The summed E-state index contributed by atoms with van der Waals surface area (Å²) >= 11 is -0.223. The fraction of sp³-hybridized carbons (Fsp3) is 0.714. The average molecular weight is 693 g/mol. The first-order valence-corrected chi connectivity index (χ1v) is 22.9. The summed E-state index contributed by atoms with van der Waals surface area (Å²) in [6.45, 7) is 9.00. The predicted molar refractivity (Wildman–Crippen MR) is 153 cm³/mol. The molecule has 1 aromatic carbocycles. The van der Waals surface area contributed by atoms with Crippen molar-refractivity contribution >= 4 is 53.1 Å². The number of hydrogen-bond acceptors (Lipinski definition) is 4. The van der Waals surface area contributed by atoms with Gasteiger partial charge in [0.25, 0.3) is 0 Å². The summed E-state index contributed by atoms with van der Waals surface area (Å²) in [7, 11) is 0. The van der Waals surface area contributed by atoms with Crippen molar-refractivity contribution in [2.75, 3.05) is 4.43 Å². The Bertz CT molecular complexity index is 675. The summed E-state index contributed by atoms with van der Waals surface area (Å²) in [6.07, 6.45) is 9.42. The molecule has 0 amide bonds. The van der Waals surface area contributed by atoms with E-state index in [-0.39, 0.29) is 12.6 Å². The van der Waals surface area contributed by atoms with E-state index in [0.717, 1.165) is 33.7 Å². The average Bonchev–Trinajstić information content (AvgIpc) is 2.84. The normalized spacial score (nSPS) is 13.3. The molecule has 6 heteroatoms. The fourth-order valence-electron chi connectivity index (χ4n) is 4.94. The van der Waals surface area contributed by atoms with Crippen LogP contribution < -0.4 is 0 Å². The van der Waals surface area contributed by atoms with Gasteiger partial charge in [0.2, 0.25) is 0 Å². The van der Waals surface area contributed by atoms with Gasteiger partial charge in [0.1, 0.15) is 0 Å². The van der Waals surface area contributed by atoms with Crippen molar-refractivity contribution in [2.24, 2.45) is 5.41 Å². The molecule has 0 bridgehead atoms. The first-order valence-electron chi connectivity index (χ1n) is 13.3. The van der Waals surface area contributed by atoms with E-state index in [0.29, 0.717) is 0 Å². The van der Waals surface area contributed by atoms with Crippen LogP contribution in [0.15, 0.2) is 30.3 Å². The molecular weight excluding hydrogens is 646 g/mol. The molecule has 0 saturated carbocycles. The Morgan fingerprint density at radius 3 is 1.94 bits per heavy atom. The van der Waals surface area contributed by atoms with E-state index in [9.17, 15) is 9.59 Å². The molecule has 0 saturated heterocycles. The maximum atomic E-state index is 13.5. The van der Waals surface area contributed by atoms with E-state index in [1.165, 1.54) is 51.8 Å². The first-order chi connectivity index (χ1) is 16.3. The molecule has 0 aliphatic carbocycles. The van der Waals surface area contributed by atoms with Crippen LogP contribution in [0, 0.1) is 5.41 Å². The molecule has 0 radical (unpaired) electrons. The zero-order valence-electron chi connectivity index (χ0n) is 22.0. The van der Waals surface area contributed by atoms with Gasteiger partial charge in [-0.15, -0.1) is 0 Å². The zero-order valence-corrected chi connectivity index (χ0v) is 27.0.